The predicted molar refractivity (Wildman–Crippen MR) is 83.8 cm³/mol. The van der Waals surface area contributed by atoms with Crippen molar-refractivity contribution in [1.82, 2.24) is 4.98 Å². The second kappa shape index (κ2) is 6.04. The van der Waals surface area contributed by atoms with Gasteiger partial charge in [-0.05, 0) is 55.0 Å². The molecular weight excluding hydrogens is 303 g/mol. The van der Waals surface area contributed by atoms with Crippen molar-refractivity contribution in [3.63, 3.8) is 0 Å². The summed E-state index contributed by atoms with van der Waals surface area (Å²) in [5.74, 6) is -0.0992. The molecule has 22 heavy (non-hydrogen) atoms. The van der Waals surface area contributed by atoms with Crippen LogP contribution in [-0.2, 0) is 29.3 Å². The van der Waals surface area contributed by atoms with Crippen molar-refractivity contribution in [2.45, 2.75) is 25.7 Å². The molecule has 6 heteroatoms. The van der Waals surface area contributed by atoms with Crippen LogP contribution in [0, 0.1) is 5.82 Å². The van der Waals surface area contributed by atoms with E-state index in [-0.39, 0.29) is 18.0 Å². The molecule has 0 saturated carbocycles. The number of nitrogens with zero attached hydrogens (tertiary/aromatic N) is 1. The highest BCUT2D eigenvalue weighted by Crippen LogP contribution is 2.22. The maximum absolute atomic E-state index is 13.1. The van der Waals surface area contributed by atoms with Crippen molar-refractivity contribution in [1.29, 1.82) is 0 Å². The highest BCUT2D eigenvalue weighted by atomic mass is 32.2. The fourth-order valence-electron chi connectivity index (χ4n) is 2.63. The summed E-state index contributed by atoms with van der Waals surface area (Å²) < 4.78 is 39.8. The van der Waals surface area contributed by atoms with Crippen LogP contribution in [0.15, 0.2) is 36.4 Å². The molecule has 4 nitrogen and oxygen atoms in total. The third kappa shape index (κ3) is 3.62. The maximum Gasteiger partial charge on any atom is 0.234 e. The lowest BCUT2D eigenvalue weighted by Gasteiger charge is -2.09. The third-order valence-corrected chi connectivity index (χ3v) is 5.00. The fraction of sp³-hybridized carbons (Fsp3) is 0.312. The lowest BCUT2D eigenvalue weighted by atomic mass is 10.2. The molecule has 0 fully saturated rings. The van der Waals surface area contributed by atoms with E-state index in [1.165, 1.54) is 17.7 Å². The molecule has 2 aromatic rings. The first-order valence-electron chi connectivity index (χ1n) is 7.26. The SMILES string of the molecule is O=S(=O)(CCc1cccc(F)c1)Nc1ccc2c(n1)CCC2. The monoisotopic (exact) mass is 320 g/mol. The zero-order valence-corrected chi connectivity index (χ0v) is 12.9. The number of sulfonamides is 1. The first kappa shape index (κ1) is 15.0. The number of nitrogens with one attached hydrogen (secondary N) is 1. The summed E-state index contributed by atoms with van der Waals surface area (Å²) in [6.45, 7) is 0. The van der Waals surface area contributed by atoms with E-state index in [2.05, 4.69) is 9.71 Å². The van der Waals surface area contributed by atoms with Crippen LogP contribution in [0.4, 0.5) is 10.2 Å². The number of anilines is 1. The number of hydrogen-bond donors (Lipinski definition) is 1. The Kier molecular flexibility index (Phi) is 4.11. The Morgan fingerprint density at radius 3 is 2.86 bits per heavy atom. The minimum absolute atomic E-state index is 0.102. The second-order valence-electron chi connectivity index (χ2n) is 5.46. The molecule has 1 aliphatic rings. The summed E-state index contributed by atoms with van der Waals surface area (Å²) in [5.41, 5.74) is 2.83. The quantitative estimate of drug-likeness (QED) is 0.921. The molecule has 0 aliphatic heterocycles. The summed E-state index contributed by atoms with van der Waals surface area (Å²) in [4.78, 5) is 4.36. The van der Waals surface area contributed by atoms with Crippen LogP contribution in [-0.4, -0.2) is 19.2 Å². The summed E-state index contributed by atoms with van der Waals surface area (Å²) in [5, 5.41) is 0. The van der Waals surface area contributed by atoms with Gasteiger partial charge in [-0.15, -0.1) is 0 Å². The highest BCUT2D eigenvalue weighted by molar-refractivity contribution is 7.92. The van der Waals surface area contributed by atoms with Crippen LogP contribution in [0.3, 0.4) is 0 Å². The van der Waals surface area contributed by atoms with E-state index in [0.717, 1.165) is 25.0 Å². The second-order valence-corrected chi connectivity index (χ2v) is 7.30. The Labute approximate surface area is 129 Å². The molecule has 0 bridgehead atoms. The zero-order chi connectivity index (χ0) is 15.6. The number of benzene rings is 1. The first-order valence-corrected chi connectivity index (χ1v) is 8.91. The normalized spacial score (nSPS) is 13.9. The molecule has 1 aromatic carbocycles. The van der Waals surface area contributed by atoms with E-state index in [1.807, 2.05) is 6.07 Å². The third-order valence-electron chi connectivity index (χ3n) is 3.74. The molecule has 0 amide bonds. The Morgan fingerprint density at radius 2 is 2.05 bits per heavy atom. The molecule has 0 saturated heterocycles. The average Bonchev–Trinajstić information content (AvgIpc) is 2.92. The van der Waals surface area contributed by atoms with Crippen molar-refractivity contribution in [2.24, 2.45) is 0 Å². The Balaban J connectivity index is 1.66. The lowest BCUT2D eigenvalue weighted by molar-refractivity contribution is 0.599. The van der Waals surface area contributed by atoms with Gasteiger partial charge in [0.05, 0.1) is 5.75 Å². The van der Waals surface area contributed by atoms with Crippen LogP contribution >= 0.6 is 0 Å². The number of halogens is 1. The number of fused-ring (bicyclic) bond motifs is 1. The molecule has 0 atom stereocenters. The van der Waals surface area contributed by atoms with E-state index in [1.54, 1.807) is 18.2 Å². The van der Waals surface area contributed by atoms with E-state index >= 15 is 0 Å². The van der Waals surface area contributed by atoms with Gasteiger partial charge < -0.3 is 0 Å². The highest BCUT2D eigenvalue weighted by Gasteiger charge is 2.16. The number of aryl methyl sites for hydroxylation is 3. The van der Waals surface area contributed by atoms with Crippen molar-refractivity contribution in [3.8, 4) is 0 Å². The molecule has 0 unspecified atom stereocenters. The molecule has 0 spiro atoms. The smallest absolute Gasteiger partial charge is 0.234 e. The van der Waals surface area contributed by atoms with Crippen molar-refractivity contribution < 1.29 is 12.8 Å². The number of rotatable bonds is 5. The Bertz CT molecular complexity index is 790. The fourth-order valence-corrected chi connectivity index (χ4v) is 3.67. The molecule has 1 heterocycles. The van der Waals surface area contributed by atoms with Gasteiger partial charge in [-0.2, -0.15) is 0 Å². The average molecular weight is 320 g/mol. The topological polar surface area (TPSA) is 59.1 Å². The summed E-state index contributed by atoms with van der Waals surface area (Å²) in [6, 6.07) is 9.61. The minimum atomic E-state index is -3.50. The van der Waals surface area contributed by atoms with Gasteiger partial charge in [0.25, 0.3) is 0 Å². The number of pyridine rings is 1. The van der Waals surface area contributed by atoms with Crippen LogP contribution in [0.5, 0.6) is 0 Å². The molecule has 1 aromatic heterocycles. The Morgan fingerprint density at radius 1 is 1.18 bits per heavy atom. The van der Waals surface area contributed by atoms with Crippen LogP contribution in [0.25, 0.3) is 0 Å². The van der Waals surface area contributed by atoms with E-state index in [9.17, 15) is 12.8 Å². The number of aromatic nitrogens is 1. The summed E-state index contributed by atoms with van der Waals surface area (Å²) in [6.07, 6.45) is 3.24. The van der Waals surface area contributed by atoms with Crippen molar-refractivity contribution in [2.75, 3.05) is 10.5 Å². The maximum atomic E-state index is 13.1. The van der Waals surface area contributed by atoms with Gasteiger partial charge in [0, 0.05) is 5.69 Å². The van der Waals surface area contributed by atoms with Crippen LogP contribution in [0.1, 0.15) is 23.2 Å². The molecule has 0 radical (unpaired) electrons. The summed E-state index contributed by atoms with van der Waals surface area (Å²) >= 11 is 0. The van der Waals surface area contributed by atoms with E-state index in [0.29, 0.717) is 11.4 Å². The molecule has 3 rings (SSSR count). The van der Waals surface area contributed by atoms with Gasteiger partial charge in [0.2, 0.25) is 10.0 Å². The predicted octanol–water partition coefficient (Wildman–Crippen LogP) is 2.69. The molecule has 116 valence electrons. The van der Waals surface area contributed by atoms with Gasteiger partial charge in [-0.1, -0.05) is 18.2 Å². The van der Waals surface area contributed by atoms with Gasteiger partial charge in [0.1, 0.15) is 11.6 Å². The van der Waals surface area contributed by atoms with Crippen LogP contribution in [0.2, 0.25) is 0 Å². The molecular formula is C16H17FN2O2S. The summed E-state index contributed by atoms with van der Waals surface area (Å²) in [7, 11) is -3.50. The zero-order valence-electron chi connectivity index (χ0n) is 12.0. The van der Waals surface area contributed by atoms with Gasteiger partial charge in [-0.25, -0.2) is 17.8 Å². The Hall–Kier alpha value is -1.95. The first-order chi connectivity index (χ1) is 10.5. The van der Waals surface area contributed by atoms with Crippen LogP contribution < -0.4 is 4.72 Å². The minimum Gasteiger partial charge on any atom is -0.267 e. The van der Waals surface area contributed by atoms with Gasteiger partial charge in [-0.3, -0.25) is 4.72 Å². The largest absolute Gasteiger partial charge is 0.267 e. The van der Waals surface area contributed by atoms with E-state index < -0.39 is 10.0 Å². The van der Waals surface area contributed by atoms with Crippen molar-refractivity contribution >= 4 is 15.8 Å². The lowest BCUT2D eigenvalue weighted by Crippen LogP contribution is -2.19. The van der Waals surface area contributed by atoms with Gasteiger partial charge >= 0.3 is 0 Å². The molecule has 1 aliphatic carbocycles. The van der Waals surface area contributed by atoms with Gasteiger partial charge in [0.15, 0.2) is 0 Å². The van der Waals surface area contributed by atoms with E-state index in [4.69, 9.17) is 0 Å². The standard InChI is InChI=1S/C16H17FN2O2S/c17-14-5-1-3-12(11-14)9-10-22(20,21)19-16-8-7-13-4-2-6-15(13)18-16/h1,3,5,7-8,11H,2,4,6,9-10H2,(H,18,19). The number of hydrogen-bond acceptors (Lipinski definition) is 3. The van der Waals surface area contributed by atoms with Crippen molar-refractivity contribution in [3.05, 3.63) is 59.0 Å². The molecule has 1 N–H and O–H groups in total.